The summed E-state index contributed by atoms with van der Waals surface area (Å²) in [6.07, 6.45) is 16.2. The van der Waals surface area contributed by atoms with E-state index in [9.17, 15) is 0 Å². The lowest BCUT2D eigenvalue weighted by Gasteiger charge is -2.35. The first-order valence-corrected chi connectivity index (χ1v) is 9.86. The second kappa shape index (κ2) is 9.19. The van der Waals surface area contributed by atoms with Crippen molar-refractivity contribution >= 4 is 5.69 Å². The predicted molar refractivity (Wildman–Crippen MR) is 105 cm³/mol. The standard InChI is InChI=1S/C22H32N2O/c1-3-20-14-19(15-24-21-9-11-23-12-10-21)13-17(2)22(20)25-16-18-7-5-4-6-8-18/h3,9-12,14,17-19,22H,1,4-8,13,15-16H2,2H3,(H,23,24). The third-order valence-corrected chi connectivity index (χ3v) is 5.67. The highest BCUT2D eigenvalue weighted by molar-refractivity contribution is 5.41. The van der Waals surface area contributed by atoms with Gasteiger partial charge in [-0.3, -0.25) is 4.98 Å². The third kappa shape index (κ3) is 5.18. The van der Waals surface area contributed by atoms with E-state index >= 15 is 0 Å². The molecule has 136 valence electrons. The fraction of sp³-hybridized carbons (Fsp3) is 0.591. The number of ether oxygens (including phenoxy) is 1. The highest BCUT2D eigenvalue weighted by Gasteiger charge is 2.29. The van der Waals surface area contributed by atoms with Gasteiger partial charge >= 0.3 is 0 Å². The summed E-state index contributed by atoms with van der Waals surface area (Å²) in [5.41, 5.74) is 2.41. The van der Waals surface area contributed by atoms with Crippen LogP contribution in [-0.2, 0) is 4.74 Å². The summed E-state index contributed by atoms with van der Waals surface area (Å²) in [7, 11) is 0. The SMILES string of the molecule is C=CC1=CC(CNc2ccncc2)CC(C)C1OCC1CCCCC1. The van der Waals surface area contributed by atoms with Crippen LogP contribution in [0.1, 0.15) is 45.4 Å². The second-order valence-corrected chi connectivity index (χ2v) is 7.72. The number of pyridine rings is 1. The molecule has 0 amide bonds. The van der Waals surface area contributed by atoms with Crippen LogP contribution in [0.4, 0.5) is 5.69 Å². The number of hydrogen-bond donors (Lipinski definition) is 1. The fourth-order valence-corrected chi connectivity index (χ4v) is 4.26. The smallest absolute Gasteiger partial charge is 0.0847 e. The van der Waals surface area contributed by atoms with E-state index in [0.717, 1.165) is 31.2 Å². The largest absolute Gasteiger partial charge is 0.384 e. The van der Waals surface area contributed by atoms with Crippen molar-refractivity contribution in [3.63, 3.8) is 0 Å². The minimum absolute atomic E-state index is 0.219. The van der Waals surface area contributed by atoms with E-state index in [1.54, 1.807) is 0 Å². The average molecular weight is 341 g/mol. The van der Waals surface area contributed by atoms with Crippen LogP contribution in [0.3, 0.4) is 0 Å². The van der Waals surface area contributed by atoms with E-state index in [0.29, 0.717) is 11.8 Å². The van der Waals surface area contributed by atoms with Crippen LogP contribution in [-0.4, -0.2) is 24.2 Å². The molecule has 1 N–H and O–H groups in total. The Kier molecular flexibility index (Phi) is 6.69. The number of nitrogens with one attached hydrogen (secondary N) is 1. The highest BCUT2D eigenvalue weighted by Crippen LogP contribution is 2.33. The lowest BCUT2D eigenvalue weighted by molar-refractivity contribution is 0.00567. The molecule has 0 aliphatic heterocycles. The van der Waals surface area contributed by atoms with Gasteiger partial charge in [-0.05, 0) is 54.7 Å². The molecule has 3 atom stereocenters. The summed E-state index contributed by atoms with van der Waals surface area (Å²) >= 11 is 0. The molecule has 2 aliphatic carbocycles. The quantitative estimate of drug-likeness (QED) is 0.738. The lowest BCUT2D eigenvalue weighted by Crippen LogP contribution is -2.33. The van der Waals surface area contributed by atoms with E-state index in [2.05, 4.69) is 29.9 Å². The van der Waals surface area contributed by atoms with Gasteiger partial charge in [-0.15, -0.1) is 0 Å². The molecule has 3 nitrogen and oxygen atoms in total. The molecule has 2 aliphatic rings. The van der Waals surface area contributed by atoms with Crippen molar-refractivity contribution in [2.45, 2.75) is 51.6 Å². The van der Waals surface area contributed by atoms with Gasteiger partial charge in [-0.2, -0.15) is 0 Å². The molecule has 0 spiro atoms. The molecule has 0 bridgehead atoms. The molecule has 1 aromatic rings. The lowest BCUT2D eigenvalue weighted by atomic mass is 9.80. The summed E-state index contributed by atoms with van der Waals surface area (Å²) in [5, 5.41) is 3.52. The maximum atomic E-state index is 6.38. The first-order valence-electron chi connectivity index (χ1n) is 9.86. The molecule has 0 saturated heterocycles. The minimum atomic E-state index is 0.219. The summed E-state index contributed by atoms with van der Waals surface area (Å²) in [6.45, 7) is 8.22. The van der Waals surface area contributed by atoms with Crippen molar-refractivity contribution in [3.05, 3.63) is 48.8 Å². The Labute approximate surface area is 152 Å². The molecule has 0 radical (unpaired) electrons. The second-order valence-electron chi connectivity index (χ2n) is 7.72. The van der Waals surface area contributed by atoms with Crippen molar-refractivity contribution < 1.29 is 4.74 Å². The van der Waals surface area contributed by atoms with Crippen LogP contribution in [0, 0.1) is 17.8 Å². The Morgan fingerprint density at radius 1 is 1.24 bits per heavy atom. The van der Waals surface area contributed by atoms with Gasteiger partial charge in [0.05, 0.1) is 12.7 Å². The summed E-state index contributed by atoms with van der Waals surface area (Å²) in [6, 6.07) is 4.03. The first kappa shape index (κ1) is 18.2. The van der Waals surface area contributed by atoms with Crippen LogP contribution < -0.4 is 5.32 Å². The average Bonchev–Trinajstić information content (AvgIpc) is 2.66. The van der Waals surface area contributed by atoms with Crippen molar-refractivity contribution in [1.82, 2.24) is 4.98 Å². The molecule has 3 unspecified atom stereocenters. The summed E-state index contributed by atoms with van der Waals surface area (Å²) < 4.78 is 6.38. The molecule has 1 aromatic heterocycles. The summed E-state index contributed by atoms with van der Waals surface area (Å²) in [5.74, 6) is 1.81. The van der Waals surface area contributed by atoms with Crippen molar-refractivity contribution in [2.75, 3.05) is 18.5 Å². The monoisotopic (exact) mass is 340 g/mol. The zero-order valence-electron chi connectivity index (χ0n) is 15.5. The molecule has 3 heteroatoms. The van der Waals surface area contributed by atoms with Crippen LogP contribution in [0.5, 0.6) is 0 Å². The Bertz CT molecular complexity index is 563. The maximum absolute atomic E-state index is 6.38. The molecule has 1 saturated carbocycles. The Morgan fingerprint density at radius 3 is 2.72 bits per heavy atom. The fourth-order valence-electron chi connectivity index (χ4n) is 4.26. The molecular formula is C22H32N2O. The van der Waals surface area contributed by atoms with Crippen LogP contribution in [0.2, 0.25) is 0 Å². The van der Waals surface area contributed by atoms with Gasteiger partial charge in [0.25, 0.3) is 0 Å². The Morgan fingerprint density at radius 2 is 2.00 bits per heavy atom. The summed E-state index contributed by atoms with van der Waals surface area (Å²) in [4.78, 5) is 4.06. The number of rotatable bonds is 7. The van der Waals surface area contributed by atoms with Gasteiger partial charge in [0.2, 0.25) is 0 Å². The normalized spacial score (nSPS) is 27.6. The van der Waals surface area contributed by atoms with Crippen LogP contribution in [0.15, 0.2) is 48.8 Å². The molecule has 3 rings (SSSR count). The predicted octanol–water partition coefficient (Wildman–Crippen LogP) is 5.23. The number of anilines is 1. The van der Waals surface area contributed by atoms with Crippen LogP contribution >= 0.6 is 0 Å². The maximum Gasteiger partial charge on any atom is 0.0847 e. The van der Waals surface area contributed by atoms with Crippen LogP contribution in [0.25, 0.3) is 0 Å². The highest BCUT2D eigenvalue weighted by atomic mass is 16.5. The molecule has 25 heavy (non-hydrogen) atoms. The van der Waals surface area contributed by atoms with E-state index < -0.39 is 0 Å². The topological polar surface area (TPSA) is 34.2 Å². The van der Waals surface area contributed by atoms with Crippen molar-refractivity contribution in [1.29, 1.82) is 0 Å². The Balaban J connectivity index is 1.55. The third-order valence-electron chi connectivity index (χ3n) is 5.67. The molecule has 1 heterocycles. The van der Waals surface area contributed by atoms with E-state index in [1.165, 1.54) is 37.7 Å². The zero-order chi connectivity index (χ0) is 17.5. The molecular weight excluding hydrogens is 308 g/mol. The van der Waals surface area contributed by atoms with Gasteiger partial charge in [0.1, 0.15) is 0 Å². The zero-order valence-corrected chi connectivity index (χ0v) is 15.5. The molecule has 1 fully saturated rings. The van der Waals surface area contributed by atoms with Gasteiger partial charge in [-0.25, -0.2) is 0 Å². The first-order chi connectivity index (χ1) is 12.3. The van der Waals surface area contributed by atoms with E-state index in [-0.39, 0.29) is 6.10 Å². The number of hydrogen-bond acceptors (Lipinski definition) is 3. The van der Waals surface area contributed by atoms with E-state index in [4.69, 9.17) is 4.74 Å². The van der Waals surface area contributed by atoms with Gasteiger partial charge in [-0.1, -0.05) is 44.9 Å². The van der Waals surface area contributed by atoms with E-state index in [1.807, 2.05) is 30.6 Å². The Hall–Kier alpha value is -1.61. The minimum Gasteiger partial charge on any atom is -0.384 e. The van der Waals surface area contributed by atoms with Gasteiger partial charge in [0, 0.05) is 24.6 Å². The van der Waals surface area contributed by atoms with Gasteiger partial charge < -0.3 is 10.1 Å². The number of aromatic nitrogens is 1. The van der Waals surface area contributed by atoms with Crippen molar-refractivity contribution in [2.24, 2.45) is 17.8 Å². The number of nitrogens with zero attached hydrogens (tertiary/aromatic N) is 1. The molecule has 0 aromatic carbocycles. The van der Waals surface area contributed by atoms with Crippen molar-refractivity contribution in [3.8, 4) is 0 Å². The van der Waals surface area contributed by atoms with Gasteiger partial charge in [0.15, 0.2) is 0 Å².